The average Bonchev–Trinajstić information content (AvgIpc) is 3.12. The van der Waals surface area contributed by atoms with Gasteiger partial charge in [-0.2, -0.15) is 5.26 Å². The second kappa shape index (κ2) is 5.58. The summed E-state index contributed by atoms with van der Waals surface area (Å²) in [6.07, 6.45) is 0.457. The van der Waals surface area contributed by atoms with Crippen LogP contribution in [0.3, 0.4) is 0 Å². The molecule has 0 radical (unpaired) electrons. The third-order valence-corrected chi connectivity index (χ3v) is 7.27. The van der Waals surface area contributed by atoms with Crippen LogP contribution in [0.25, 0.3) is 0 Å². The van der Waals surface area contributed by atoms with Gasteiger partial charge in [-0.1, -0.05) is 23.8 Å². The molecule has 0 unspecified atom stereocenters. The summed E-state index contributed by atoms with van der Waals surface area (Å²) in [5.41, 5.74) is -0.102. The van der Waals surface area contributed by atoms with Gasteiger partial charge >= 0.3 is 0 Å². The third kappa shape index (κ3) is 2.22. The molecule has 0 bridgehead atoms. The van der Waals surface area contributed by atoms with Gasteiger partial charge in [-0.25, -0.2) is 8.42 Å². The first-order valence-electron chi connectivity index (χ1n) is 8.02. The lowest BCUT2D eigenvalue weighted by Gasteiger charge is -2.05. The summed E-state index contributed by atoms with van der Waals surface area (Å²) in [4.78, 5) is 11.8. The minimum Gasteiger partial charge on any atom is -0.454 e. The molecule has 26 heavy (non-hydrogen) atoms. The molecule has 7 heteroatoms. The van der Waals surface area contributed by atoms with Gasteiger partial charge in [0.05, 0.1) is 11.0 Å². The van der Waals surface area contributed by atoms with E-state index < -0.39 is 26.4 Å². The van der Waals surface area contributed by atoms with Crippen molar-refractivity contribution < 1.29 is 22.7 Å². The van der Waals surface area contributed by atoms with Gasteiger partial charge in [-0.3, -0.25) is 0 Å². The van der Waals surface area contributed by atoms with Crippen molar-refractivity contribution in [1.82, 2.24) is 0 Å². The van der Waals surface area contributed by atoms with Crippen molar-refractivity contribution in [2.45, 2.75) is 23.0 Å². The minimum absolute atomic E-state index is 0.0889. The molecule has 1 saturated carbocycles. The Balaban J connectivity index is 1.79. The SMILES string of the molecule is Cc1ccc(S(=O)(=O)[C@@H]2[C@@H](c3ccc4c(c3)OCO4)[C@@]2(C#N)C=O)cc1. The third-order valence-electron chi connectivity index (χ3n) is 5.01. The van der Waals surface area contributed by atoms with E-state index >= 15 is 0 Å². The Morgan fingerprint density at radius 2 is 1.85 bits per heavy atom. The lowest BCUT2D eigenvalue weighted by molar-refractivity contribution is -0.110. The first-order chi connectivity index (χ1) is 12.4. The molecule has 0 N–H and O–H groups in total. The molecule has 2 aliphatic rings. The van der Waals surface area contributed by atoms with Gasteiger partial charge in [0.2, 0.25) is 6.79 Å². The number of benzene rings is 2. The smallest absolute Gasteiger partial charge is 0.231 e. The predicted molar refractivity (Wildman–Crippen MR) is 91.6 cm³/mol. The van der Waals surface area contributed by atoms with Crippen molar-refractivity contribution in [3.05, 3.63) is 53.6 Å². The van der Waals surface area contributed by atoms with Crippen LogP contribution in [-0.2, 0) is 14.6 Å². The van der Waals surface area contributed by atoms with Crippen LogP contribution in [0.15, 0.2) is 47.4 Å². The lowest BCUT2D eigenvalue weighted by atomic mass is 10.0. The largest absolute Gasteiger partial charge is 0.454 e. The zero-order valence-corrected chi connectivity index (χ0v) is 14.7. The van der Waals surface area contributed by atoms with Crippen molar-refractivity contribution in [2.75, 3.05) is 6.79 Å². The van der Waals surface area contributed by atoms with E-state index in [1.165, 1.54) is 12.1 Å². The van der Waals surface area contributed by atoms with Crippen LogP contribution < -0.4 is 9.47 Å². The molecule has 1 fully saturated rings. The molecule has 0 saturated heterocycles. The van der Waals surface area contributed by atoms with Gasteiger partial charge in [0, 0.05) is 5.92 Å². The Morgan fingerprint density at radius 3 is 2.50 bits per heavy atom. The molecular weight excluding hydrogens is 354 g/mol. The monoisotopic (exact) mass is 369 g/mol. The maximum absolute atomic E-state index is 13.1. The average molecular weight is 369 g/mol. The molecule has 1 aliphatic carbocycles. The van der Waals surface area contributed by atoms with Crippen LogP contribution in [0, 0.1) is 23.7 Å². The molecule has 0 amide bonds. The first-order valence-corrected chi connectivity index (χ1v) is 9.56. The van der Waals surface area contributed by atoms with Gasteiger partial charge in [0.1, 0.15) is 17.0 Å². The Hall–Kier alpha value is -2.85. The first kappa shape index (κ1) is 16.6. The van der Waals surface area contributed by atoms with E-state index in [1.807, 2.05) is 13.0 Å². The van der Waals surface area contributed by atoms with E-state index in [1.54, 1.807) is 30.3 Å². The number of nitriles is 1. The van der Waals surface area contributed by atoms with Gasteiger partial charge in [0.25, 0.3) is 0 Å². The predicted octanol–water partition coefficient (Wildman–Crippen LogP) is 2.37. The standard InChI is InChI=1S/C19H15NO5S/c1-12-2-5-14(6-3-12)26(22,23)18-17(19(18,9-20)10-21)13-4-7-15-16(8-13)25-11-24-15/h2-8,10,17-18H,11H2,1H3/t17-,18-,19-/m1/s1. The Kier molecular flexibility index (Phi) is 3.56. The Labute approximate surface area is 150 Å². The number of ether oxygens (including phenoxy) is 2. The van der Waals surface area contributed by atoms with Gasteiger partial charge in [0.15, 0.2) is 21.3 Å². The summed E-state index contributed by atoms with van der Waals surface area (Å²) in [6, 6.07) is 13.3. The normalized spacial score (nSPS) is 26.2. The molecule has 0 aromatic heterocycles. The summed E-state index contributed by atoms with van der Waals surface area (Å²) in [5.74, 6) is 0.297. The topological polar surface area (TPSA) is 93.5 Å². The van der Waals surface area contributed by atoms with Crippen LogP contribution >= 0.6 is 0 Å². The van der Waals surface area contributed by atoms with Crippen LogP contribution in [0.4, 0.5) is 0 Å². The quantitative estimate of drug-likeness (QED) is 0.768. The van der Waals surface area contributed by atoms with E-state index in [4.69, 9.17) is 9.47 Å². The second-order valence-corrected chi connectivity index (χ2v) is 8.60. The highest BCUT2D eigenvalue weighted by Crippen LogP contribution is 2.63. The summed E-state index contributed by atoms with van der Waals surface area (Å²) in [6.45, 7) is 1.94. The second-order valence-electron chi connectivity index (χ2n) is 6.53. The fourth-order valence-electron chi connectivity index (χ4n) is 3.54. The molecule has 4 rings (SSSR count). The molecule has 6 nitrogen and oxygen atoms in total. The van der Waals surface area contributed by atoms with Crippen molar-refractivity contribution in [3.63, 3.8) is 0 Å². The van der Waals surface area contributed by atoms with E-state index in [-0.39, 0.29) is 11.7 Å². The molecule has 3 atom stereocenters. The lowest BCUT2D eigenvalue weighted by Crippen LogP contribution is -2.16. The molecule has 0 spiro atoms. The number of nitrogens with zero attached hydrogens (tertiary/aromatic N) is 1. The van der Waals surface area contributed by atoms with Crippen molar-refractivity contribution in [2.24, 2.45) is 5.41 Å². The van der Waals surface area contributed by atoms with Gasteiger partial charge in [-0.15, -0.1) is 0 Å². The Bertz CT molecular complexity index is 1040. The fourth-order valence-corrected chi connectivity index (χ4v) is 5.78. The number of fused-ring (bicyclic) bond motifs is 1. The summed E-state index contributed by atoms with van der Waals surface area (Å²) >= 11 is 0. The van der Waals surface area contributed by atoms with Crippen LogP contribution in [0.2, 0.25) is 0 Å². The molecule has 2 aromatic rings. The van der Waals surface area contributed by atoms with E-state index in [0.717, 1.165) is 5.56 Å². The minimum atomic E-state index is -3.85. The van der Waals surface area contributed by atoms with E-state index in [2.05, 4.69) is 0 Å². The number of carbonyl (C=O) groups is 1. The number of hydrogen-bond acceptors (Lipinski definition) is 6. The molecule has 1 heterocycles. The van der Waals surface area contributed by atoms with Gasteiger partial charge < -0.3 is 14.3 Å². The zero-order valence-electron chi connectivity index (χ0n) is 13.9. The van der Waals surface area contributed by atoms with Crippen molar-refractivity contribution in [3.8, 4) is 17.6 Å². The summed E-state index contributed by atoms with van der Waals surface area (Å²) in [7, 11) is -3.85. The van der Waals surface area contributed by atoms with Crippen LogP contribution in [-0.4, -0.2) is 26.7 Å². The summed E-state index contributed by atoms with van der Waals surface area (Å²) < 4.78 is 36.8. The maximum Gasteiger partial charge on any atom is 0.231 e. The highest BCUT2D eigenvalue weighted by atomic mass is 32.2. The van der Waals surface area contributed by atoms with Crippen molar-refractivity contribution in [1.29, 1.82) is 5.26 Å². The number of sulfone groups is 1. The summed E-state index contributed by atoms with van der Waals surface area (Å²) in [5, 5.41) is 8.48. The maximum atomic E-state index is 13.1. The molecule has 1 aliphatic heterocycles. The van der Waals surface area contributed by atoms with Crippen LogP contribution in [0.5, 0.6) is 11.5 Å². The number of carbonyl (C=O) groups excluding carboxylic acids is 1. The van der Waals surface area contributed by atoms with Crippen LogP contribution in [0.1, 0.15) is 17.0 Å². The number of rotatable bonds is 4. The van der Waals surface area contributed by atoms with Gasteiger partial charge in [-0.05, 0) is 36.8 Å². The van der Waals surface area contributed by atoms with E-state index in [0.29, 0.717) is 23.3 Å². The Morgan fingerprint density at radius 1 is 1.15 bits per heavy atom. The molecular formula is C19H15NO5S. The number of hydrogen-bond donors (Lipinski definition) is 0. The number of aryl methyl sites for hydroxylation is 1. The number of aldehydes is 1. The fraction of sp³-hybridized carbons (Fsp3) is 0.263. The highest BCUT2D eigenvalue weighted by molar-refractivity contribution is 7.92. The molecule has 132 valence electrons. The zero-order chi connectivity index (χ0) is 18.5. The highest BCUT2D eigenvalue weighted by Gasteiger charge is 2.72. The van der Waals surface area contributed by atoms with E-state index in [9.17, 15) is 18.5 Å². The molecule has 2 aromatic carbocycles. The van der Waals surface area contributed by atoms with Crippen molar-refractivity contribution >= 4 is 16.1 Å².